The van der Waals surface area contributed by atoms with Crippen molar-refractivity contribution in [3.8, 4) is 11.6 Å². The minimum absolute atomic E-state index is 0.0657. The SMILES string of the molecule is Cc1ccc(-n2nc(OC(C)C(=O)Nc3ccccc3F)ccc2=O)cc1C. The van der Waals surface area contributed by atoms with Gasteiger partial charge >= 0.3 is 0 Å². The van der Waals surface area contributed by atoms with E-state index in [9.17, 15) is 14.0 Å². The zero-order valence-electron chi connectivity index (χ0n) is 15.8. The van der Waals surface area contributed by atoms with Crippen molar-refractivity contribution in [2.45, 2.75) is 26.9 Å². The highest BCUT2D eigenvalue weighted by Crippen LogP contribution is 2.15. The number of rotatable bonds is 5. The van der Waals surface area contributed by atoms with Crippen molar-refractivity contribution < 1.29 is 13.9 Å². The van der Waals surface area contributed by atoms with E-state index in [1.165, 1.54) is 41.9 Å². The van der Waals surface area contributed by atoms with Crippen molar-refractivity contribution in [1.29, 1.82) is 0 Å². The second-order valence-corrected chi connectivity index (χ2v) is 6.42. The molecule has 28 heavy (non-hydrogen) atoms. The van der Waals surface area contributed by atoms with Crippen LogP contribution in [-0.2, 0) is 4.79 Å². The Bertz CT molecular complexity index is 1080. The molecule has 0 aliphatic carbocycles. The predicted molar refractivity (Wildman–Crippen MR) is 104 cm³/mol. The largest absolute Gasteiger partial charge is 0.463 e. The van der Waals surface area contributed by atoms with E-state index < -0.39 is 17.8 Å². The van der Waals surface area contributed by atoms with Crippen molar-refractivity contribution in [1.82, 2.24) is 9.78 Å². The minimum Gasteiger partial charge on any atom is -0.463 e. The number of carbonyl (C=O) groups excluding carboxylic acids is 1. The highest BCUT2D eigenvalue weighted by atomic mass is 19.1. The van der Waals surface area contributed by atoms with Crippen LogP contribution in [0.2, 0.25) is 0 Å². The lowest BCUT2D eigenvalue weighted by molar-refractivity contribution is -0.122. The summed E-state index contributed by atoms with van der Waals surface area (Å²) in [5.41, 5.74) is 2.47. The molecule has 1 atom stereocenters. The van der Waals surface area contributed by atoms with E-state index in [2.05, 4.69) is 10.4 Å². The summed E-state index contributed by atoms with van der Waals surface area (Å²) in [7, 11) is 0. The Kier molecular flexibility index (Phi) is 5.54. The Balaban J connectivity index is 1.79. The Morgan fingerprint density at radius 2 is 1.86 bits per heavy atom. The molecule has 3 rings (SSSR count). The molecule has 3 aromatic rings. The van der Waals surface area contributed by atoms with E-state index >= 15 is 0 Å². The van der Waals surface area contributed by atoms with Gasteiger partial charge in [-0.2, -0.15) is 4.68 Å². The summed E-state index contributed by atoms with van der Waals surface area (Å²) in [5, 5.41) is 6.65. The summed E-state index contributed by atoms with van der Waals surface area (Å²) in [5.74, 6) is -0.964. The summed E-state index contributed by atoms with van der Waals surface area (Å²) in [4.78, 5) is 24.5. The molecule has 0 radical (unpaired) electrons. The van der Waals surface area contributed by atoms with E-state index in [4.69, 9.17) is 4.74 Å². The van der Waals surface area contributed by atoms with E-state index in [0.717, 1.165) is 11.1 Å². The van der Waals surface area contributed by atoms with Crippen LogP contribution in [0.5, 0.6) is 5.88 Å². The molecule has 0 spiro atoms. The zero-order valence-corrected chi connectivity index (χ0v) is 15.8. The maximum absolute atomic E-state index is 13.7. The number of carbonyl (C=O) groups is 1. The third-order valence-electron chi connectivity index (χ3n) is 4.31. The summed E-state index contributed by atoms with van der Waals surface area (Å²) < 4.78 is 20.4. The number of amides is 1. The number of halogens is 1. The molecule has 1 N–H and O–H groups in total. The van der Waals surface area contributed by atoms with Gasteiger partial charge in [-0.05, 0) is 56.2 Å². The van der Waals surface area contributed by atoms with Gasteiger partial charge in [-0.3, -0.25) is 9.59 Å². The average molecular weight is 381 g/mol. The lowest BCUT2D eigenvalue weighted by Gasteiger charge is -2.15. The van der Waals surface area contributed by atoms with Crippen LogP contribution in [0, 0.1) is 19.7 Å². The fourth-order valence-electron chi connectivity index (χ4n) is 2.53. The molecule has 6 nitrogen and oxygen atoms in total. The van der Waals surface area contributed by atoms with Gasteiger partial charge < -0.3 is 10.1 Å². The number of hydrogen-bond donors (Lipinski definition) is 1. The maximum Gasteiger partial charge on any atom is 0.271 e. The van der Waals surface area contributed by atoms with Crippen molar-refractivity contribution in [2.24, 2.45) is 0 Å². The number of aromatic nitrogens is 2. The van der Waals surface area contributed by atoms with E-state index in [0.29, 0.717) is 5.69 Å². The van der Waals surface area contributed by atoms with Gasteiger partial charge in [0.15, 0.2) is 6.10 Å². The molecule has 0 saturated carbocycles. The normalized spacial score (nSPS) is 11.7. The molecule has 1 heterocycles. The topological polar surface area (TPSA) is 73.2 Å². The summed E-state index contributed by atoms with van der Waals surface area (Å²) in [6.45, 7) is 5.44. The maximum atomic E-state index is 13.7. The minimum atomic E-state index is -0.946. The molecule has 7 heteroatoms. The molecule has 144 valence electrons. The second-order valence-electron chi connectivity index (χ2n) is 6.42. The first-order chi connectivity index (χ1) is 13.3. The molecule has 0 saturated heterocycles. The quantitative estimate of drug-likeness (QED) is 0.735. The summed E-state index contributed by atoms with van der Waals surface area (Å²) >= 11 is 0. The Hall–Kier alpha value is -3.48. The molecular weight excluding hydrogens is 361 g/mol. The lowest BCUT2D eigenvalue weighted by atomic mass is 10.1. The number of ether oxygens (including phenoxy) is 1. The highest BCUT2D eigenvalue weighted by molar-refractivity contribution is 5.94. The number of aryl methyl sites for hydroxylation is 2. The zero-order chi connectivity index (χ0) is 20.3. The number of nitrogens with zero attached hydrogens (tertiary/aromatic N) is 2. The van der Waals surface area contributed by atoms with E-state index in [1.807, 2.05) is 26.0 Å². The number of nitrogens with one attached hydrogen (secondary N) is 1. The van der Waals surface area contributed by atoms with Gasteiger partial charge in [0.1, 0.15) is 5.82 Å². The van der Waals surface area contributed by atoms with Crippen molar-refractivity contribution in [3.05, 3.63) is 81.9 Å². The molecule has 2 aromatic carbocycles. The van der Waals surface area contributed by atoms with Crippen molar-refractivity contribution >= 4 is 11.6 Å². The van der Waals surface area contributed by atoms with Crippen LogP contribution in [0.3, 0.4) is 0 Å². The number of para-hydroxylation sites is 1. The molecular formula is C21H20FN3O3. The van der Waals surface area contributed by atoms with Crippen LogP contribution in [0.4, 0.5) is 10.1 Å². The van der Waals surface area contributed by atoms with Gasteiger partial charge in [0, 0.05) is 12.1 Å². The first-order valence-corrected chi connectivity index (χ1v) is 8.75. The van der Waals surface area contributed by atoms with Crippen LogP contribution in [0.15, 0.2) is 59.4 Å². The number of hydrogen-bond acceptors (Lipinski definition) is 4. The van der Waals surface area contributed by atoms with Gasteiger partial charge in [0.05, 0.1) is 11.4 Å². The fraction of sp³-hybridized carbons (Fsp3) is 0.190. The Morgan fingerprint density at radius 1 is 1.11 bits per heavy atom. The van der Waals surface area contributed by atoms with Gasteiger partial charge in [0.2, 0.25) is 5.88 Å². The fourth-order valence-corrected chi connectivity index (χ4v) is 2.53. The standard InChI is InChI=1S/C21H20FN3O3/c1-13-8-9-16(12-14(13)2)25-20(26)11-10-19(24-25)28-15(3)21(27)23-18-7-5-4-6-17(18)22/h4-12,15H,1-3H3,(H,23,27). The summed E-state index contributed by atoms with van der Waals surface area (Å²) in [6, 6.07) is 14.1. The molecule has 1 unspecified atom stereocenters. The van der Waals surface area contributed by atoms with Crippen LogP contribution >= 0.6 is 0 Å². The van der Waals surface area contributed by atoms with Gasteiger partial charge in [-0.15, -0.1) is 5.10 Å². The molecule has 1 aromatic heterocycles. The number of anilines is 1. The second kappa shape index (κ2) is 8.04. The van der Waals surface area contributed by atoms with Gasteiger partial charge in [-0.25, -0.2) is 4.39 Å². The lowest BCUT2D eigenvalue weighted by Crippen LogP contribution is -2.31. The smallest absolute Gasteiger partial charge is 0.271 e. The van der Waals surface area contributed by atoms with Gasteiger partial charge in [-0.1, -0.05) is 18.2 Å². The van der Waals surface area contributed by atoms with Crippen LogP contribution in [0.25, 0.3) is 5.69 Å². The molecule has 0 aliphatic heterocycles. The predicted octanol–water partition coefficient (Wildman–Crippen LogP) is 3.39. The van der Waals surface area contributed by atoms with Crippen molar-refractivity contribution in [3.63, 3.8) is 0 Å². The third kappa shape index (κ3) is 4.25. The van der Waals surface area contributed by atoms with E-state index in [-0.39, 0.29) is 17.1 Å². The van der Waals surface area contributed by atoms with Gasteiger partial charge in [0.25, 0.3) is 11.5 Å². The molecule has 0 fully saturated rings. The van der Waals surface area contributed by atoms with Crippen molar-refractivity contribution in [2.75, 3.05) is 5.32 Å². The monoisotopic (exact) mass is 381 g/mol. The highest BCUT2D eigenvalue weighted by Gasteiger charge is 2.17. The van der Waals surface area contributed by atoms with Crippen LogP contribution in [0.1, 0.15) is 18.1 Å². The Morgan fingerprint density at radius 3 is 2.57 bits per heavy atom. The number of benzene rings is 2. The molecule has 0 bridgehead atoms. The average Bonchev–Trinajstić information content (AvgIpc) is 2.67. The molecule has 1 amide bonds. The first-order valence-electron chi connectivity index (χ1n) is 8.75. The summed E-state index contributed by atoms with van der Waals surface area (Å²) in [6.07, 6.45) is -0.946. The first kappa shape index (κ1) is 19.3. The van der Waals surface area contributed by atoms with Crippen LogP contribution < -0.4 is 15.6 Å². The molecule has 0 aliphatic rings. The van der Waals surface area contributed by atoms with Crippen LogP contribution in [-0.4, -0.2) is 21.8 Å². The Labute approximate surface area is 161 Å². The van der Waals surface area contributed by atoms with E-state index in [1.54, 1.807) is 12.1 Å². The third-order valence-corrected chi connectivity index (χ3v) is 4.31.